The summed E-state index contributed by atoms with van der Waals surface area (Å²) in [5.41, 5.74) is 2.64. The maximum absolute atomic E-state index is 12.7. The van der Waals surface area contributed by atoms with E-state index in [0.29, 0.717) is 29.8 Å². The second-order valence-corrected chi connectivity index (χ2v) is 8.87. The molecule has 0 radical (unpaired) electrons. The number of carbonyl (C=O) groups excluding carboxylic acids is 1. The highest BCUT2D eigenvalue weighted by atomic mass is 79.9. The van der Waals surface area contributed by atoms with E-state index in [1.807, 2.05) is 18.2 Å². The number of rotatable bonds is 3. The van der Waals surface area contributed by atoms with E-state index in [1.165, 1.54) is 10.6 Å². The van der Waals surface area contributed by atoms with Gasteiger partial charge in [-0.1, -0.05) is 15.9 Å². The van der Waals surface area contributed by atoms with Gasteiger partial charge in [0, 0.05) is 22.0 Å². The fourth-order valence-electron chi connectivity index (χ4n) is 3.13. The Morgan fingerprint density at radius 3 is 2.72 bits per heavy atom. The van der Waals surface area contributed by atoms with Crippen LogP contribution in [0.25, 0.3) is 11.0 Å². The number of anilines is 1. The monoisotopic (exact) mass is 419 g/mol. The summed E-state index contributed by atoms with van der Waals surface area (Å²) in [5, 5.41) is 0.849. The van der Waals surface area contributed by atoms with E-state index >= 15 is 0 Å². The highest BCUT2D eigenvalue weighted by Crippen LogP contribution is 2.32. The normalized spacial score (nSPS) is 14.1. The zero-order valence-corrected chi connectivity index (χ0v) is 15.7. The first kappa shape index (κ1) is 16.4. The van der Waals surface area contributed by atoms with Crippen molar-refractivity contribution in [2.75, 3.05) is 17.1 Å². The molecule has 1 aliphatic rings. The van der Waals surface area contributed by atoms with Crippen molar-refractivity contribution in [3.05, 3.63) is 63.8 Å². The maximum Gasteiger partial charge on any atom is 0.232 e. The molecule has 0 fully saturated rings. The van der Waals surface area contributed by atoms with Crippen LogP contribution in [-0.2, 0) is 16.4 Å². The molecule has 2 heterocycles. The number of sulfonamides is 1. The molecule has 0 bridgehead atoms. The molecule has 7 heteroatoms. The summed E-state index contributed by atoms with van der Waals surface area (Å²) in [5.74, 6) is 0.0546. The first-order chi connectivity index (χ1) is 11.8. The van der Waals surface area contributed by atoms with E-state index in [1.54, 1.807) is 24.3 Å². The molecule has 4 rings (SSSR count). The Hall–Kier alpha value is -2.12. The summed E-state index contributed by atoms with van der Waals surface area (Å²) in [6.07, 6.45) is 1.78. The molecule has 0 atom stereocenters. The first-order valence-corrected chi connectivity index (χ1v) is 10.3. The molecule has 0 unspecified atom stereocenters. The maximum atomic E-state index is 12.7. The molecule has 0 spiro atoms. The van der Waals surface area contributed by atoms with Crippen molar-refractivity contribution in [2.45, 2.75) is 6.42 Å². The molecule has 1 aromatic heterocycles. The van der Waals surface area contributed by atoms with Gasteiger partial charge in [-0.25, -0.2) is 8.42 Å². The van der Waals surface area contributed by atoms with Crippen LogP contribution in [0.5, 0.6) is 0 Å². The van der Waals surface area contributed by atoms with Crippen molar-refractivity contribution in [1.29, 1.82) is 0 Å². The molecule has 0 amide bonds. The molecule has 128 valence electrons. The SMILES string of the molecule is CS(=O)(=O)N1CCc2cc(C(=O)c3cc4cc(Br)ccc4o3)ccc21. The third-order valence-electron chi connectivity index (χ3n) is 4.30. The highest BCUT2D eigenvalue weighted by Gasteiger charge is 2.27. The van der Waals surface area contributed by atoms with Gasteiger partial charge in [0.25, 0.3) is 0 Å². The molecule has 0 N–H and O–H groups in total. The Labute approximate surface area is 153 Å². The Balaban J connectivity index is 1.71. The van der Waals surface area contributed by atoms with E-state index in [0.717, 1.165) is 15.4 Å². The number of nitrogens with zero attached hydrogens (tertiary/aromatic N) is 1. The number of hydrogen-bond donors (Lipinski definition) is 0. The minimum absolute atomic E-state index is 0.215. The van der Waals surface area contributed by atoms with Gasteiger partial charge in [-0.15, -0.1) is 0 Å². The van der Waals surface area contributed by atoms with Gasteiger partial charge in [-0.3, -0.25) is 9.10 Å². The van der Waals surface area contributed by atoms with Crippen molar-refractivity contribution in [3.8, 4) is 0 Å². The van der Waals surface area contributed by atoms with Crippen molar-refractivity contribution >= 4 is 48.4 Å². The topological polar surface area (TPSA) is 67.6 Å². The van der Waals surface area contributed by atoms with Crippen LogP contribution >= 0.6 is 15.9 Å². The Morgan fingerprint density at radius 2 is 1.96 bits per heavy atom. The lowest BCUT2D eigenvalue weighted by Crippen LogP contribution is -2.27. The van der Waals surface area contributed by atoms with Gasteiger partial charge < -0.3 is 4.42 Å². The Bertz CT molecular complexity index is 1120. The van der Waals surface area contributed by atoms with Crippen molar-refractivity contribution in [3.63, 3.8) is 0 Å². The molecule has 0 saturated carbocycles. The smallest absolute Gasteiger partial charge is 0.232 e. The van der Waals surface area contributed by atoms with Crippen LogP contribution in [-0.4, -0.2) is 27.0 Å². The van der Waals surface area contributed by atoms with Gasteiger partial charge in [-0.2, -0.15) is 0 Å². The third kappa shape index (κ3) is 2.87. The average Bonchev–Trinajstić information content (AvgIpc) is 3.16. The zero-order chi connectivity index (χ0) is 17.8. The highest BCUT2D eigenvalue weighted by molar-refractivity contribution is 9.10. The van der Waals surface area contributed by atoms with E-state index in [9.17, 15) is 13.2 Å². The lowest BCUT2D eigenvalue weighted by atomic mass is 10.0. The van der Waals surface area contributed by atoms with Crippen LogP contribution < -0.4 is 4.31 Å². The van der Waals surface area contributed by atoms with Gasteiger partial charge in [-0.05, 0) is 54.4 Å². The van der Waals surface area contributed by atoms with Crippen molar-refractivity contribution < 1.29 is 17.6 Å². The molecule has 5 nitrogen and oxygen atoms in total. The quantitative estimate of drug-likeness (QED) is 0.606. The fourth-order valence-corrected chi connectivity index (χ4v) is 4.46. The summed E-state index contributed by atoms with van der Waals surface area (Å²) >= 11 is 3.40. The molecule has 1 aliphatic heterocycles. The molecule has 25 heavy (non-hydrogen) atoms. The number of fused-ring (bicyclic) bond motifs is 2. The zero-order valence-electron chi connectivity index (χ0n) is 13.3. The minimum Gasteiger partial charge on any atom is -0.453 e. The van der Waals surface area contributed by atoms with Crippen LogP contribution in [0.3, 0.4) is 0 Å². The van der Waals surface area contributed by atoms with E-state index < -0.39 is 10.0 Å². The van der Waals surface area contributed by atoms with E-state index in [-0.39, 0.29) is 11.5 Å². The first-order valence-electron chi connectivity index (χ1n) is 7.67. The second kappa shape index (κ2) is 5.71. The Kier molecular flexibility index (Phi) is 3.73. The third-order valence-corrected chi connectivity index (χ3v) is 5.97. The molecular weight excluding hydrogens is 406 g/mol. The van der Waals surface area contributed by atoms with Gasteiger partial charge in [0.15, 0.2) is 5.76 Å². The fraction of sp³-hybridized carbons (Fsp3) is 0.167. The Morgan fingerprint density at radius 1 is 1.16 bits per heavy atom. The summed E-state index contributed by atoms with van der Waals surface area (Å²) in [7, 11) is -3.30. The number of hydrogen-bond acceptors (Lipinski definition) is 4. The molecular formula is C18H14BrNO4S. The van der Waals surface area contributed by atoms with Crippen LogP contribution in [0, 0.1) is 0 Å². The van der Waals surface area contributed by atoms with E-state index in [4.69, 9.17) is 4.42 Å². The molecule has 2 aromatic carbocycles. The van der Waals surface area contributed by atoms with Crippen molar-refractivity contribution in [2.24, 2.45) is 0 Å². The summed E-state index contributed by atoms with van der Waals surface area (Å²) in [4.78, 5) is 12.7. The number of ketones is 1. The predicted molar refractivity (Wildman–Crippen MR) is 99.7 cm³/mol. The number of furan rings is 1. The van der Waals surface area contributed by atoms with Crippen LogP contribution in [0.15, 0.2) is 51.4 Å². The van der Waals surface area contributed by atoms with Gasteiger partial charge in [0.1, 0.15) is 5.58 Å². The summed E-state index contributed by atoms with van der Waals surface area (Å²) < 4.78 is 31.5. The molecule has 0 aliphatic carbocycles. The minimum atomic E-state index is -3.30. The molecule has 3 aromatic rings. The standard InChI is InChI=1S/C18H14BrNO4S/c1-25(22,23)20-7-6-11-8-12(2-4-15(11)20)18(21)17-10-13-9-14(19)3-5-16(13)24-17/h2-5,8-10H,6-7H2,1H3. The predicted octanol–water partition coefficient (Wildman–Crippen LogP) is 3.75. The van der Waals surface area contributed by atoms with E-state index in [2.05, 4.69) is 15.9 Å². The van der Waals surface area contributed by atoms with Gasteiger partial charge in [0.2, 0.25) is 15.8 Å². The van der Waals surface area contributed by atoms with Crippen LogP contribution in [0.4, 0.5) is 5.69 Å². The van der Waals surface area contributed by atoms with Gasteiger partial charge in [0.05, 0.1) is 11.9 Å². The lowest BCUT2D eigenvalue weighted by molar-refractivity contribution is 0.101. The molecule has 0 saturated heterocycles. The second-order valence-electron chi connectivity index (χ2n) is 6.05. The summed E-state index contributed by atoms with van der Waals surface area (Å²) in [6.45, 7) is 0.407. The average molecular weight is 420 g/mol. The van der Waals surface area contributed by atoms with Crippen molar-refractivity contribution in [1.82, 2.24) is 0 Å². The number of benzene rings is 2. The van der Waals surface area contributed by atoms with Crippen LogP contribution in [0.2, 0.25) is 0 Å². The summed E-state index contributed by atoms with van der Waals surface area (Å²) in [6, 6.07) is 12.4. The number of halogens is 1. The van der Waals surface area contributed by atoms with Crippen LogP contribution in [0.1, 0.15) is 21.7 Å². The lowest BCUT2D eigenvalue weighted by Gasteiger charge is -2.16. The number of carbonyl (C=O) groups is 1. The van der Waals surface area contributed by atoms with Gasteiger partial charge >= 0.3 is 0 Å². The largest absolute Gasteiger partial charge is 0.453 e.